The van der Waals surface area contributed by atoms with Crippen molar-refractivity contribution in [1.82, 2.24) is 10.4 Å². The van der Waals surface area contributed by atoms with E-state index in [9.17, 15) is 24.0 Å². The average molecular weight is 542 g/mol. The summed E-state index contributed by atoms with van der Waals surface area (Å²) in [5.41, 5.74) is 8.72. The highest BCUT2D eigenvalue weighted by molar-refractivity contribution is 6.01. The number of azide groups is 1. The molecule has 2 fully saturated rings. The molecule has 2 aliphatic heterocycles. The van der Waals surface area contributed by atoms with Gasteiger partial charge in [0.15, 0.2) is 6.29 Å². The van der Waals surface area contributed by atoms with Crippen LogP contribution < -0.4 is 5.32 Å². The first-order chi connectivity index (χ1) is 18.1. The highest BCUT2D eigenvalue weighted by atomic mass is 16.7. The van der Waals surface area contributed by atoms with Crippen LogP contribution in [0.1, 0.15) is 52.9 Å². The number of hydroxylamine groups is 2. The van der Waals surface area contributed by atoms with E-state index in [1.165, 1.54) is 14.0 Å². The Labute approximate surface area is 220 Å². The van der Waals surface area contributed by atoms with Crippen molar-refractivity contribution in [3.05, 3.63) is 10.4 Å². The van der Waals surface area contributed by atoms with Gasteiger partial charge in [0.2, 0.25) is 5.91 Å². The number of carbonyl (C=O) groups is 5. The Morgan fingerprint density at radius 3 is 2.45 bits per heavy atom. The lowest BCUT2D eigenvalue weighted by Crippen LogP contribution is -2.58. The van der Waals surface area contributed by atoms with Crippen molar-refractivity contribution in [2.75, 3.05) is 26.9 Å². The van der Waals surface area contributed by atoms with E-state index in [0.29, 0.717) is 5.06 Å². The molecule has 2 rings (SSSR count). The number of nitrogens with one attached hydrogen (secondary N) is 1. The van der Waals surface area contributed by atoms with E-state index >= 15 is 0 Å². The molecule has 0 radical (unpaired) electrons. The van der Waals surface area contributed by atoms with Crippen LogP contribution in [0, 0.1) is 11.8 Å². The van der Waals surface area contributed by atoms with Crippen molar-refractivity contribution in [3.8, 4) is 0 Å². The molecule has 0 aromatic heterocycles. The lowest BCUT2D eigenvalue weighted by molar-refractivity contribution is -0.242. The number of carbonyl (C=O) groups excluding carboxylic acids is 5. The molecular formula is C23H35N5O10. The van der Waals surface area contributed by atoms with Gasteiger partial charge in [-0.15, -0.1) is 5.06 Å². The first-order valence-corrected chi connectivity index (χ1v) is 12.4. The van der Waals surface area contributed by atoms with Gasteiger partial charge >= 0.3 is 11.9 Å². The first-order valence-electron chi connectivity index (χ1n) is 12.4. The highest BCUT2D eigenvalue weighted by Crippen LogP contribution is 2.32. The van der Waals surface area contributed by atoms with E-state index in [1.807, 2.05) is 13.8 Å². The Morgan fingerprint density at radius 1 is 1.16 bits per heavy atom. The second kappa shape index (κ2) is 15.2. The first kappa shape index (κ1) is 31.0. The standard InChI is InChI=1S/C23H35N5O10/c1-13-14(2)22(26-18(30)6-5-7-21(33)38-28-19(31)8-9-20(28)32)23(37-17(13)10-25-27-24)35-12-16(11-34-4)36-15(3)29/h13-14,16-17,22-23H,5-12H2,1-4H3,(H,26,30). The molecule has 6 atom stereocenters. The molecular weight excluding hydrogens is 506 g/mol. The number of esters is 1. The normalized spacial score (nSPS) is 25.9. The summed E-state index contributed by atoms with van der Waals surface area (Å²) < 4.78 is 22.2. The van der Waals surface area contributed by atoms with Gasteiger partial charge in [0.25, 0.3) is 11.8 Å². The maximum atomic E-state index is 12.7. The van der Waals surface area contributed by atoms with Crippen LogP contribution in [-0.2, 0) is 47.8 Å². The summed E-state index contributed by atoms with van der Waals surface area (Å²) in [7, 11) is 1.45. The molecule has 212 valence electrons. The van der Waals surface area contributed by atoms with Crippen molar-refractivity contribution < 1.29 is 47.8 Å². The minimum Gasteiger partial charge on any atom is -0.458 e. The Balaban J connectivity index is 1.97. The molecule has 0 bridgehead atoms. The highest BCUT2D eigenvalue weighted by Gasteiger charge is 2.43. The number of amides is 3. The van der Waals surface area contributed by atoms with Crippen LogP contribution in [0.4, 0.5) is 0 Å². The fourth-order valence-corrected chi connectivity index (χ4v) is 4.16. The number of ether oxygens (including phenoxy) is 4. The predicted octanol–water partition coefficient (Wildman–Crippen LogP) is 1.15. The van der Waals surface area contributed by atoms with Gasteiger partial charge in [-0.05, 0) is 23.8 Å². The fourth-order valence-electron chi connectivity index (χ4n) is 4.16. The van der Waals surface area contributed by atoms with Crippen LogP contribution in [0.3, 0.4) is 0 Å². The number of nitrogens with zero attached hydrogens (tertiary/aromatic N) is 4. The van der Waals surface area contributed by atoms with Crippen LogP contribution in [0.2, 0.25) is 0 Å². The second-order valence-electron chi connectivity index (χ2n) is 9.19. The molecule has 1 N–H and O–H groups in total. The van der Waals surface area contributed by atoms with Gasteiger partial charge in [-0.2, -0.15) is 0 Å². The van der Waals surface area contributed by atoms with E-state index in [0.717, 1.165) is 0 Å². The minimum atomic E-state index is -0.948. The lowest BCUT2D eigenvalue weighted by atomic mass is 9.82. The third kappa shape index (κ3) is 9.24. The van der Waals surface area contributed by atoms with Crippen LogP contribution >= 0.6 is 0 Å². The van der Waals surface area contributed by atoms with Gasteiger partial charge in [0.05, 0.1) is 31.9 Å². The molecule has 38 heavy (non-hydrogen) atoms. The molecule has 0 spiro atoms. The van der Waals surface area contributed by atoms with E-state index in [1.54, 1.807) is 0 Å². The Morgan fingerprint density at radius 2 is 1.84 bits per heavy atom. The van der Waals surface area contributed by atoms with Crippen LogP contribution in [0.15, 0.2) is 5.11 Å². The van der Waals surface area contributed by atoms with E-state index in [4.69, 9.17) is 29.3 Å². The van der Waals surface area contributed by atoms with E-state index in [2.05, 4.69) is 15.3 Å². The van der Waals surface area contributed by atoms with Gasteiger partial charge in [0, 0.05) is 44.6 Å². The van der Waals surface area contributed by atoms with Gasteiger partial charge in [-0.1, -0.05) is 19.0 Å². The van der Waals surface area contributed by atoms with Gasteiger partial charge in [-0.25, -0.2) is 4.79 Å². The lowest BCUT2D eigenvalue weighted by Gasteiger charge is -2.44. The summed E-state index contributed by atoms with van der Waals surface area (Å²) in [6.07, 6.45) is -2.23. The average Bonchev–Trinajstić information content (AvgIpc) is 3.17. The molecule has 0 aromatic carbocycles. The van der Waals surface area contributed by atoms with Crippen molar-refractivity contribution in [2.24, 2.45) is 17.0 Å². The second-order valence-corrected chi connectivity index (χ2v) is 9.19. The zero-order chi connectivity index (χ0) is 28.2. The molecule has 2 saturated heterocycles. The topological polar surface area (TPSA) is 196 Å². The Hall–Kier alpha value is -3.26. The van der Waals surface area contributed by atoms with Gasteiger partial charge in [0.1, 0.15) is 6.10 Å². The Bertz CT molecular complexity index is 908. The monoisotopic (exact) mass is 541 g/mol. The predicted molar refractivity (Wildman–Crippen MR) is 127 cm³/mol. The molecule has 15 heteroatoms. The number of rotatable bonds is 14. The molecule has 2 aliphatic rings. The SMILES string of the molecule is COCC(COC1OC(CN=[N+]=[N-])C(C)C(C)C1NC(=O)CCCC(=O)ON1C(=O)CCC1=O)OC(C)=O. The van der Waals surface area contributed by atoms with Crippen LogP contribution in [-0.4, -0.2) is 86.1 Å². The molecule has 0 aliphatic carbocycles. The van der Waals surface area contributed by atoms with Crippen LogP contribution in [0.5, 0.6) is 0 Å². The number of methoxy groups -OCH3 is 1. The van der Waals surface area contributed by atoms with Crippen molar-refractivity contribution in [3.63, 3.8) is 0 Å². The van der Waals surface area contributed by atoms with Crippen molar-refractivity contribution in [2.45, 2.75) is 77.4 Å². The molecule has 6 unspecified atom stereocenters. The van der Waals surface area contributed by atoms with Crippen molar-refractivity contribution >= 4 is 29.7 Å². The summed E-state index contributed by atoms with van der Waals surface area (Å²) >= 11 is 0. The molecule has 15 nitrogen and oxygen atoms in total. The fraction of sp³-hybridized carbons (Fsp3) is 0.783. The summed E-state index contributed by atoms with van der Waals surface area (Å²) in [5.74, 6) is -3.11. The molecule has 0 saturated carbocycles. The number of imide groups is 1. The quantitative estimate of drug-likeness (QED) is 0.109. The smallest absolute Gasteiger partial charge is 0.333 e. The van der Waals surface area contributed by atoms with E-state index < -0.39 is 48.3 Å². The maximum Gasteiger partial charge on any atom is 0.333 e. The van der Waals surface area contributed by atoms with Gasteiger partial charge in [-0.3, -0.25) is 19.2 Å². The minimum absolute atomic E-state index is 0.00532. The number of hydrogen-bond acceptors (Lipinski definition) is 11. The zero-order valence-electron chi connectivity index (χ0n) is 22.0. The van der Waals surface area contributed by atoms with Gasteiger partial charge < -0.3 is 29.1 Å². The summed E-state index contributed by atoms with van der Waals surface area (Å²) in [5, 5.41) is 6.95. The zero-order valence-corrected chi connectivity index (χ0v) is 22.0. The van der Waals surface area contributed by atoms with E-state index in [-0.39, 0.29) is 69.6 Å². The third-order valence-electron chi connectivity index (χ3n) is 6.35. The van der Waals surface area contributed by atoms with Crippen molar-refractivity contribution in [1.29, 1.82) is 0 Å². The molecule has 3 amide bonds. The molecule has 2 heterocycles. The maximum absolute atomic E-state index is 12.7. The Kier molecular flexibility index (Phi) is 12.4. The van der Waals surface area contributed by atoms with Crippen LogP contribution in [0.25, 0.3) is 10.4 Å². The number of hydrogen-bond donors (Lipinski definition) is 1. The summed E-state index contributed by atoms with van der Waals surface area (Å²) in [6, 6.07) is -0.605. The summed E-state index contributed by atoms with van der Waals surface area (Å²) in [6.45, 7) is 5.15. The summed E-state index contributed by atoms with van der Waals surface area (Å²) in [4.78, 5) is 66.8. The third-order valence-corrected chi connectivity index (χ3v) is 6.35. The largest absolute Gasteiger partial charge is 0.458 e. The molecule has 0 aromatic rings.